The van der Waals surface area contributed by atoms with E-state index in [0.717, 1.165) is 36.5 Å². The summed E-state index contributed by atoms with van der Waals surface area (Å²) in [6.07, 6.45) is 1.12. The van der Waals surface area contributed by atoms with Crippen molar-refractivity contribution in [1.82, 2.24) is 20.0 Å². The molecule has 1 aromatic rings. The van der Waals surface area contributed by atoms with E-state index < -0.39 is 23.8 Å². The molecule has 3 aliphatic heterocycles. The van der Waals surface area contributed by atoms with Crippen molar-refractivity contribution in [2.45, 2.75) is 37.9 Å². The van der Waals surface area contributed by atoms with Crippen molar-refractivity contribution in [3.05, 3.63) is 34.9 Å². The molecule has 0 aromatic heterocycles. The van der Waals surface area contributed by atoms with Gasteiger partial charge < -0.3 is 10.6 Å². The number of fused-ring (bicyclic) bond motifs is 1. The SMILES string of the molecule is CN1CCN(Cc2cccc3c2C(=O)N(C2CCC(=O)NC2=O)C3=O)C(CCN)C1. The third-order valence-corrected chi connectivity index (χ3v) is 6.24. The first-order valence-electron chi connectivity index (χ1n) is 10.4. The third-order valence-electron chi connectivity index (χ3n) is 6.24. The molecule has 2 fully saturated rings. The van der Waals surface area contributed by atoms with Crippen molar-refractivity contribution in [1.29, 1.82) is 0 Å². The minimum atomic E-state index is -0.948. The molecular formula is C21H27N5O4. The average molecular weight is 413 g/mol. The Morgan fingerprint density at radius 2 is 1.93 bits per heavy atom. The predicted molar refractivity (Wildman–Crippen MR) is 108 cm³/mol. The van der Waals surface area contributed by atoms with Crippen LogP contribution < -0.4 is 11.1 Å². The fourth-order valence-corrected chi connectivity index (χ4v) is 4.66. The Kier molecular flexibility index (Phi) is 5.68. The van der Waals surface area contributed by atoms with Crippen molar-refractivity contribution < 1.29 is 19.2 Å². The van der Waals surface area contributed by atoms with Crippen LogP contribution in [-0.4, -0.2) is 83.6 Å². The van der Waals surface area contributed by atoms with Crippen molar-refractivity contribution in [2.75, 3.05) is 33.2 Å². The van der Waals surface area contributed by atoms with E-state index in [2.05, 4.69) is 22.2 Å². The van der Waals surface area contributed by atoms with Gasteiger partial charge in [0, 0.05) is 38.6 Å². The number of rotatable bonds is 5. The van der Waals surface area contributed by atoms with Crippen LogP contribution in [0.5, 0.6) is 0 Å². The van der Waals surface area contributed by atoms with Crippen LogP contribution in [0.4, 0.5) is 0 Å². The molecule has 3 N–H and O–H groups in total. The summed E-state index contributed by atoms with van der Waals surface area (Å²) in [5, 5.41) is 2.23. The van der Waals surface area contributed by atoms with E-state index in [9.17, 15) is 19.2 Å². The molecule has 9 nitrogen and oxygen atoms in total. The molecular weight excluding hydrogens is 386 g/mol. The molecule has 0 aliphatic carbocycles. The largest absolute Gasteiger partial charge is 0.330 e. The van der Waals surface area contributed by atoms with Crippen LogP contribution in [0.15, 0.2) is 18.2 Å². The number of carbonyl (C=O) groups excluding carboxylic acids is 4. The number of benzene rings is 1. The molecule has 30 heavy (non-hydrogen) atoms. The van der Waals surface area contributed by atoms with Crippen LogP contribution in [0.1, 0.15) is 45.5 Å². The second-order valence-electron chi connectivity index (χ2n) is 8.25. The van der Waals surface area contributed by atoms with Crippen molar-refractivity contribution >= 4 is 23.6 Å². The van der Waals surface area contributed by atoms with Gasteiger partial charge in [-0.15, -0.1) is 0 Å². The first-order valence-corrected chi connectivity index (χ1v) is 10.4. The van der Waals surface area contributed by atoms with Crippen molar-refractivity contribution in [3.8, 4) is 0 Å². The molecule has 0 spiro atoms. The maximum Gasteiger partial charge on any atom is 0.262 e. The fourth-order valence-electron chi connectivity index (χ4n) is 4.66. The molecule has 0 radical (unpaired) electrons. The van der Waals surface area contributed by atoms with Gasteiger partial charge in [0.2, 0.25) is 11.8 Å². The first-order chi connectivity index (χ1) is 14.4. The van der Waals surface area contributed by atoms with Gasteiger partial charge in [0.05, 0.1) is 11.1 Å². The molecule has 4 amide bonds. The number of hydrogen-bond acceptors (Lipinski definition) is 7. The normalized spacial score (nSPS) is 25.6. The molecule has 2 unspecified atom stereocenters. The summed E-state index contributed by atoms with van der Waals surface area (Å²) in [7, 11) is 2.08. The Morgan fingerprint density at radius 3 is 2.67 bits per heavy atom. The summed E-state index contributed by atoms with van der Waals surface area (Å²) in [4.78, 5) is 55.6. The van der Waals surface area contributed by atoms with Gasteiger partial charge >= 0.3 is 0 Å². The minimum absolute atomic E-state index is 0.110. The van der Waals surface area contributed by atoms with Crippen LogP contribution in [0.2, 0.25) is 0 Å². The molecule has 2 atom stereocenters. The zero-order valence-corrected chi connectivity index (χ0v) is 17.1. The zero-order valence-electron chi connectivity index (χ0n) is 17.1. The maximum absolute atomic E-state index is 13.2. The van der Waals surface area contributed by atoms with E-state index in [1.54, 1.807) is 12.1 Å². The standard InChI is InChI=1S/C21H27N5O4/c1-24-9-10-25(14(12-24)7-8-22)11-13-3-2-4-15-18(13)21(30)26(20(15)29)16-5-6-17(27)23-19(16)28/h2-4,14,16H,5-12,22H2,1H3,(H,23,27,28). The van der Waals surface area contributed by atoms with Gasteiger partial charge in [-0.3, -0.25) is 34.3 Å². The van der Waals surface area contributed by atoms with E-state index >= 15 is 0 Å². The van der Waals surface area contributed by atoms with Crippen LogP contribution >= 0.6 is 0 Å². The maximum atomic E-state index is 13.2. The Hall–Kier alpha value is -2.62. The summed E-state index contributed by atoms with van der Waals surface area (Å²) in [5.74, 6) is -1.90. The highest BCUT2D eigenvalue weighted by atomic mass is 16.2. The number of nitrogens with one attached hydrogen (secondary N) is 1. The Bertz CT molecular complexity index is 901. The third kappa shape index (κ3) is 3.64. The van der Waals surface area contributed by atoms with E-state index in [1.165, 1.54) is 0 Å². The monoisotopic (exact) mass is 413 g/mol. The molecule has 0 saturated carbocycles. The Morgan fingerprint density at radius 1 is 1.13 bits per heavy atom. The van der Waals surface area contributed by atoms with Gasteiger partial charge in [0.1, 0.15) is 6.04 Å². The lowest BCUT2D eigenvalue weighted by atomic mass is 10.0. The fraction of sp³-hybridized carbons (Fsp3) is 0.524. The molecule has 3 heterocycles. The number of nitrogens with zero attached hydrogens (tertiary/aromatic N) is 3. The zero-order chi connectivity index (χ0) is 21.4. The van der Waals surface area contributed by atoms with Crippen LogP contribution in [0.3, 0.4) is 0 Å². The topological polar surface area (TPSA) is 116 Å². The lowest BCUT2D eigenvalue weighted by molar-refractivity contribution is -0.136. The highest BCUT2D eigenvalue weighted by molar-refractivity contribution is 6.24. The highest BCUT2D eigenvalue weighted by Gasteiger charge is 2.45. The number of amides is 4. The van der Waals surface area contributed by atoms with Crippen LogP contribution in [0, 0.1) is 0 Å². The average Bonchev–Trinajstić information content (AvgIpc) is 2.96. The molecule has 0 bridgehead atoms. The van der Waals surface area contributed by atoms with E-state index in [1.807, 2.05) is 6.07 Å². The van der Waals surface area contributed by atoms with E-state index in [4.69, 9.17) is 5.73 Å². The predicted octanol–water partition coefficient (Wildman–Crippen LogP) is -0.447. The number of imide groups is 2. The number of piperazine rings is 1. The molecule has 2 saturated heterocycles. The number of piperidine rings is 1. The summed E-state index contributed by atoms with van der Waals surface area (Å²) >= 11 is 0. The highest BCUT2D eigenvalue weighted by Crippen LogP contribution is 2.31. The van der Waals surface area contributed by atoms with Gasteiger partial charge in [0.15, 0.2) is 0 Å². The first kappa shape index (κ1) is 20.6. The lowest BCUT2D eigenvalue weighted by Gasteiger charge is -2.40. The second kappa shape index (κ2) is 8.25. The van der Waals surface area contributed by atoms with E-state index in [-0.39, 0.29) is 24.8 Å². The van der Waals surface area contributed by atoms with Gasteiger partial charge in [-0.2, -0.15) is 0 Å². The molecule has 160 valence electrons. The summed E-state index contributed by atoms with van der Waals surface area (Å²) in [6, 6.07) is 4.61. The summed E-state index contributed by atoms with van der Waals surface area (Å²) in [5.41, 5.74) is 7.28. The van der Waals surface area contributed by atoms with Gasteiger partial charge in [-0.1, -0.05) is 12.1 Å². The number of nitrogens with two attached hydrogens (primary N) is 1. The Labute approximate surface area is 175 Å². The van der Waals surface area contributed by atoms with Crippen LogP contribution in [-0.2, 0) is 16.1 Å². The van der Waals surface area contributed by atoms with Crippen molar-refractivity contribution in [2.24, 2.45) is 5.73 Å². The lowest BCUT2D eigenvalue weighted by Crippen LogP contribution is -2.54. The van der Waals surface area contributed by atoms with Crippen LogP contribution in [0.25, 0.3) is 0 Å². The van der Waals surface area contributed by atoms with Gasteiger partial charge in [0.25, 0.3) is 11.8 Å². The Balaban J connectivity index is 1.60. The summed E-state index contributed by atoms with van der Waals surface area (Å²) in [6.45, 7) is 3.81. The molecule has 9 heteroatoms. The summed E-state index contributed by atoms with van der Waals surface area (Å²) < 4.78 is 0. The number of likely N-dealkylation sites (N-methyl/N-ethyl adjacent to an activating group) is 1. The van der Waals surface area contributed by atoms with Gasteiger partial charge in [-0.05, 0) is 38.1 Å². The van der Waals surface area contributed by atoms with E-state index in [0.29, 0.717) is 24.2 Å². The van der Waals surface area contributed by atoms with Crippen molar-refractivity contribution in [3.63, 3.8) is 0 Å². The smallest absolute Gasteiger partial charge is 0.262 e. The quantitative estimate of drug-likeness (QED) is 0.628. The van der Waals surface area contributed by atoms with Gasteiger partial charge in [-0.25, -0.2) is 0 Å². The molecule has 1 aromatic carbocycles. The molecule has 4 rings (SSSR count). The number of carbonyl (C=O) groups is 4. The second-order valence-corrected chi connectivity index (χ2v) is 8.25. The minimum Gasteiger partial charge on any atom is -0.330 e. The number of hydrogen-bond donors (Lipinski definition) is 2. The molecule has 3 aliphatic rings.